The Balaban J connectivity index is 2.27. The SMILES string of the molecule is CNCc1cc(Br)cnc1N(CC(C)C)C1CC1. The lowest BCUT2D eigenvalue weighted by atomic mass is 10.1. The van der Waals surface area contributed by atoms with Gasteiger partial charge in [0.15, 0.2) is 0 Å². The highest BCUT2D eigenvalue weighted by molar-refractivity contribution is 9.10. The van der Waals surface area contributed by atoms with E-state index >= 15 is 0 Å². The van der Waals surface area contributed by atoms with Gasteiger partial charge < -0.3 is 10.2 Å². The van der Waals surface area contributed by atoms with Crippen molar-refractivity contribution in [3.8, 4) is 0 Å². The highest BCUT2D eigenvalue weighted by Gasteiger charge is 2.31. The predicted molar refractivity (Wildman–Crippen MR) is 79.9 cm³/mol. The summed E-state index contributed by atoms with van der Waals surface area (Å²) < 4.78 is 1.05. The van der Waals surface area contributed by atoms with Crippen LogP contribution in [0.3, 0.4) is 0 Å². The maximum atomic E-state index is 4.65. The van der Waals surface area contributed by atoms with Crippen LogP contribution in [-0.4, -0.2) is 24.6 Å². The van der Waals surface area contributed by atoms with E-state index < -0.39 is 0 Å². The first-order valence-corrected chi connectivity index (χ1v) is 7.46. The molecule has 1 N–H and O–H groups in total. The van der Waals surface area contributed by atoms with E-state index in [0.717, 1.165) is 23.4 Å². The van der Waals surface area contributed by atoms with Gasteiger partial charge in [-0.05, 0) is 47.8 Å². The fourth-order valence-corrected chi connectivity index (χ4v) is 2.62. The maximum Gasteiger partial charge on any atom is 0.133 e. The van der Waals surface area contributed by atoms with Crippen molar-refractivity contribution in [3.05, 3.63) is 22.3 Å². The van der Waals surface area contributed by atoms with Crippen molar-refractivity contribution in [1.29, 1.82) is 0 Å². The van der Waals surface area contributed by atoms with E-state index in [1.165, 1.54) is 18.4 Å². The lowest BCUT2D eigenvalue weighted by molar-refractivity contribution is 0.599. The first-order chi connectivity index (χ1) is 8.61. The van der Waals surface area contributed by atoms with Crippen LogP contribution in [0.5, 0.6) is 0 Å². The molecule has 1 heterocycles. The van der Waals surface area contributed by atoms with Crippen LogP contribution in [0.4, 0.5) is 5.82 Å². The highest BCUT2D eigenvalue weighted by atomic mass is 79.9. The lowest BCUT2D eigenvalue weighted by Gasteiger charge is -2.27. The van der Waals surface area contributed by atoms with Crippen LogP contribution in [0.1, 0.15) is 32.3 Å². The zero-order valence-electron chi connectivity index (χ0n) is 11.4. The molecule has 0 spiro atoms. The minimum atomic E-state index is 0.665. The Labute approximate surface area is 118 Å². The number of hydrogen-bond donors (Lipinski definition) is 1. The second kappa shape index (κ2) is 6.02. The minimum Gasteiger partial charge on any atom is -0.353 e. The lowest BCUT2D eigenvalue weighted by Crippen LogP contribution is -2.32. The molecule has 1 aliphatic carbocycles. The molecule has 1 aliphatic rings. The van der Waals surface area contributed by atoms with Crippen molar-refractivity contribution in [3.63, 3.8) is 0 Å². The van der Waals surface area contributed by atoms with Crippen LogP contribution in [-0.2, 0) is 6.54 Å². The summed E-state index contributed by atoms with van der Waals surface area (Å²) in [6.45, 7) is 6.50. The van der Waals surface area contributed by atoms with Crippen molar-refractivity contribution in [2.24, 2.45) is 5.92 Å². The third kappa shape index (κ3) is 3.45. The van der Waals surface area contributed by atoms with Gasteiger partial charge in [0.1, 0.15) is 5.82 Å². The maximum absolute atomic E-state index is 4.65. The van der Waals surface area contributed by atoms with E-state index in [1.54, 1.807) is 0 Å². The van der Waals surface area contributed by atoms with Crippen molar-refractivity contribution in [2.75, 3.05) is 18.5 Å². The van der Waals surface area contributed by atoms with Gasteiger partial charge in [0.25, 0.3) is 0 Å². The number of nitrogens with one attached hydrogen (secondary N) is 1. The Hall–Kier alpha value is -0.610. The molecule has 0 unspecified atom stereocenters. The Morgan fingerprint density at radius 2 is 2.22 bits per heavy atom. The van der Waals surface area contributed by atoms with Crippen LogP contribution in [0.15, 0.2) is 16.7 Å². The molecule has 3 nitrogen and oxygen atoms in total. The Morgan fingerprint density at radius 3 is 2.78 bits per heavy atom. The van der Waals surface area contributed by atoms with Gasteiger partial charge in [0.2, 0.25) is 0 Å². The average Bonchev–Trinajstić information content (AvgIpc) is 3.11. The summed E-state index contributed by atoms with van der Waals surface area (Å²) in [5.41, 5.74) is 1.28. The molecule has 0 aliphatic heterocycles. The summed E-state index contributed by atoms with van der Waals surface area (Å²) in [7, 11) is 1.98. The molecule has 1 saturated carbocycles. The zero-order chi connectivity index (χ0) is 13.1. The molecular weight excluding hydrogens is 290 g/mol. The average molecular weight is 312 g/mol. The van der Waals surface area contributed by atoms with Gasteiger partial charge in [0, 0.05) is 35.4 Å². The molecule has 0 saturated heterocycles. The summed E-state index contributed by atoms with van der Waals surface area (Å²) in [4.78, 5) is 7.14. The number of pyridine rings is 1. The molecule has 1 fully saturated rings. The smallest absolute Gasteiger partial charge is 0.133 e. The highest BCUT2D eigenvalue weighted by Crippen LogP contribution is 2.33. The fraction of sp³-hybridized carbons (Fsp3) is 0.643. The molecule has 0 bridgehead atoms. The molecule has 1 aromatic heterocycles. The molecule has 0 aromatic carbocycles. The third-order valence-electron chi connectivity index (χ3n) is 3.10. The molecule has 0 amide bonds. The van der Waals surface area contributed by atoms with Gasteiger partial charge in [-0.1, -0.05) is 13.8 Å². The Kier molecular flexibility index (Phi) is 4.62. The summed E-state index contributed by atoms with van der Waals surface area (Å²) in [6.07, 6.45) is 4.52. The Morgan fingerprint density at radius 1 is 1.50 bits per heavy atom. The van der Waals surface area contributed by atoms with E-state index in [0.29, 0.717) is 12.0 Å². The van der Waals surface area contributed by atoms with Crippen molar-refractivity contribution in [2.45, 2.75) is 39.3 Å². The first kappa shape index (κ1) is 13.8. The number of rotatable bonds is 6. The molecule has 1 aromatic rings. The summed E-state index contributed by atoms with van der Waals surface area (Å²) in [5.74, 6) is 1.82. The monoisotopic (exact) mass is 311 g/mol. The predicted octanol–water partition coefficient (Wildman–Crippen LogP) is 3.19. The molecule has 2 rings (SSSR count). The third-order valence-corrected chi connectivity index (χ3v) is 3.53. The number of hydrogen-bond acceptors (Lipinski definition) is 3. The second-order valence-electron chi connectivity index (χ2n) is 5.44. The molecular formula is C14H22BrN3. The number of nitrogens with zero attached hydrogens (tertiary/aromatic N) is 2. The van der Waals surface area contributed by atoms with Gasteiger partial charge in [-0.15, -0.1) is 0 Å². The number of halogens is 1. The quantitative estimate of drug-likeness (QED) is 0.874. The van der Waals surface area contributed by atoms with E-state index in [-0.39, 0.29) is 0 Å². The van der Waals surface area contributed by atoms with Crippen LogP contribution < -0.4 is 10.2 Å². The van der Waals surface area contributed by atoms with Gasteiger partial charge in [-0.2, -0.15) is 0 Å². The second-order valence-corrected chi connectivity index (χ2v) is 6.36. The van der Waals surface area contributed by atoms with Crippen molar-refractivity contribution in [1.82, 2.24) is 10.3 Å². The summed E-state index contributed by atoms with van der Waals surface area (Å²) >= 11 is 3.51. The minimum absolute atomic E-state index is 0.665. The number of aromatic nitrogens is 1. The molecule has 0 atom stereocenters. The first-order valence-electron chi connectivity index (χ1n) is 6.67. The van der Waals surface area contributed by atoms with Crippen LogP contribution in [0, 0.1) is 5.92 Å². The largest absolute Gasteiger partial charge is 0.353 e. The summed E-state index contributed by atoms with van der Waals surface area (Å²) in [5, 5.41) is 3.23. The van der Waals surface area contributed by atoms with Gasteiger partial charge in [-0.25, -0.2) is 4.98 Å². The topological polar surface area (TPSA) is 28.2 Å². The van der Waals surface area contributed by atoms with E-state index in [4.69, 9.17) is 0 Å². The molecule has 4 heteroatoms. The van der Waals surface area contributed by atoms with Crippen LogP contribution >= 0.6 is 15.9 Å². The van der Waals surface area contributed by atoms with E-state index in [9.17, 15) is 0 Å². The van der Waals surface area contributed by atoms with Gasteiger partial charge in [0.05, 0.1) is 0 Å². The van der Waals surface area contributed by atoms with Crippen LogP contribution in [0.2, 0.25) is 0 Å². The fourth-order valence-electron chi connectivity index (χ4n) is 2.24. The van der Waals surface area contributed by atoms with Crippen LogP contribution in [0.25, 0.3) is 0 Å². The zero-order valence-corrected chi connectivity index (χ0v) is 13.0. The van der Waals surface area contributed by atoms with E-state index in [1.807, 2.05) is 13.2 Å². The molecule has 0 radical (unpaired) electrons. The normalized spacial score (nSPS) is 15.2. The van der Waals surface area contributed by atoms with Gasteiger partial charge in [-0.3, -0.25) is 0 Å². The van der Waals surface area contributed by atoms with Crippen molar-refractivity contribution < 1.29 is 0 Å². The van der Waals surface area contributed by atoms with E-state index in [2.05, 4.69) is 51.0 Å². The molecule has 18 heavy (non-hydrogen) atoms. The Bertz CT molecular complexity index is 402. The van der Waals surface area contributed by atoms with Gasteiger partial charge >= 0.3 is 0 Å². The molecule has 100 valence electrons. The summed E-state index contributed by atoms with van der Waals surface area (Å²) in [6, 6.07) is 2.88. The van der Waals surface area contributed by atoms with Crippen molar-refractivity contribution >= 4 is 21.7 Å². The standard InChI is InChI=1S/C14H22BrN3/c1-10(2)9-18(13-4-5-13)14-11(7-16-3)6-12(15)8-17-14/h6,8,10,13,16H,4-5,7,9H2,1-3H3. The number of anilines is 1.